The predicted octanol–water partition coefficient (Wildman–Crippen LogP) is 5.31. The Morgan fingerprint density at radius 2 is 1.95 bits per heavy atom. The van der Waals surface area contributed by atoms with Crippen LogP contribution in [0.15, 0.2) is 55.1 Å². The third kappa shape index (κ3) is 6.28. The number of pyridine rings is 1. The Morgan fingerprint density at radius 1 is 1.17 bits per heavy atom. The standard InChI is InChI=1S/C29H36ClN7O3Si/c1-18-11-12-25(32-14-18)36-27(38)23(13-21-24(16-31-21)40-41(5,6)29(2,3)4)39-28-19-15-35-37(26(19)33-17-34-28)22-10-8-7-9-20(22)30/h7-12,14-15,17,21,23-24,31H,13,16H2,1-6H3,(H,32,36,38)/t21?,23-,24?/m0/s1. The Kier molecular flexibility index (Phi) is 8.15. The van der Waals surface area contributed by atoms with Gasteiger partial charge in [0, 0.05) is 25.2 Å². The highest BCUT2D eigenvalue weighted by atomic mass is 35.5. The zero-order valence-corrected chi connectivity index (χ0v) is 25.9. The molecule has 216 valence electrons. The molecule has 1 saturated heterocycles. The second kappa shape index (κ2) is 11.5. The van der Waals surface area contributed by atoms with Crippen LogP contribution < -0.4 is 15.4 Å². The number of benzene rings is 1. The highest BCUT2D eigenvalue weighted by Gasteiger charge is 2.44. The predicted molar refractivity (Wildman–Crippen MR) is 162 cm³/mol. The summed E-state index contributed by atoms with van der Waals surface area (Å²) in [4.78, 5) is 26.8. The van der Waals surface area contributed by atoms with E-state index in [0.29, 0.717) is 34.0 Å². The topological polar surface area (TPSA) is 116 Å². The van der Waals surface area contributed by atoms with Gasteiger partial charge in [0.2, 0.25) is 5.88 Å². The van der Waals surface area contributed by atoms with Gasteiger partial charge in [0.1, 0.15) is 17.5 Å². The number of hydrogen-bond acceptors (Lipinski definition) is 8. The number of carbonyl (C=O) groups excluding carboxylic acids is 1. The van der Waals surface area contributed by atoms with Gasteiger partial charge < -0.3 is 19.8 Å². The van der Waals surface area contributed by atoms with Crippen LogP contribution in [0.5, 0.6) is 5.88 Å². The van der Waals surface area contributed by atoms with E-state index in [1.807, 2.05) is 31.2 Å². The number of fused-ring (bicyclic) bond motifs is 1. The Balaban J connectivity index is 1.42. The maximum atomic E-state index is 13.6. The van der Waals surface area contributed by atoms with E-state index >= 15 is 0 Å². The Labute approximate surface area is 246 Å². The van der Waals surface area contributed by atoms with Gasteiger partial charge in [-0.25, -0.2) is 19.6 Å². The molecule has 2 N–H and O–H groups in total. The van der Waals surface area contributed by atoms with Crippen molar-refractivity contribution in [1.82, 2.24) is 30.0 Å². The van der Waals surface area contributed by atoms with Crippen LogP contribution >= 0.6 is 11.6 Å². The number of aryl methyl sites for hydroxylation is 1. The van der Waals surface area contributed by atoms with Crippen molar-refractivity contribution in [3.63, 3.8) is 0 Å². The molecule has 2 unspecified atom stereocenters. The van der Waals surface area contributed by atoms with Crippen molar-refractivity contribution >= 4 is 42.7 Å². The van der Waals surface area contributed by atoms with Gasteiger partial charge in [0.25, 0.3) is 5.91 Å². The monoisotopic (exact) mass is 593 g/mol. The lowest BCUT2D eigenvalue weighted by Gasteiger charge is -2.47. The van der Waals surface area contributed by atoms with Gasteiger partial charge in [-0.3, -0.25) is 4.79 Å². The third-order valence-electron chi connectivity index (χ3n) is 7.87. The van der Waals surface area contributed by atoms with Crippen molar-refractivity contribution in [1.29, 1.82) is 0 Å². The van der Waals surface area contributed by atoms with Gasteiger partial charge in [-0.15, -0.1) is 0 Å². The number of para-hydroxylation sites is 1. The molecule has 1 aliphatic rings. The zero-order valence-electron chi connectivity index (χ0n) is 24.2. The highest BCUT2D eigenvalue weighted by molar-refractivity contribution is 6.74. The number of halogens is 1. The van der Waals surface area contributed by atoms with E-state index in [-0.39, 0.29) is 29.0 Å². The van der Waals surface area contributed by atoms with Crippen molar-refractivity contribution in [2.24, 2.45) is 0 Å². The number of carbonyl (C=O) groups is 1. The van der Waals surface area contributed by atoms with Crippen LogP contribution in [0.4, 0.5) is 5.82 Å². The average Bonchev–Trinajstić information content (AvgIpc) is 3.34. The zero-order chi connectivity index (χ0) is 29.4. The van der Waals surface area contributed by atoms with Crippen LogP contribution in [0.1, 0.15) is 32.8 Å². The normalized spacial score (nSPS) is 18.1. The second-order valence-electron chi connectivity index (χ2n) is 11.9. The first-order chi connectivity index (χ1) is 19.4. The summed E-state index contributed by atoms with van der Waals surface area (Å²) in [5, 5.41) is 12.0. The lowest BCUT2D eigenvalue weighted by atomic mass is 9.96. The first-order valence-electron chi connectivity index (χ1n) is 13.7. The molecule has 0 bridgehead atoms. The molecule has 0 spiro atoms. The molecule has 0 aliphatic carbocycles. The van der Waals surface area contributed by atoms with Gasteiger partial charge in [-0.2, -0.15) is 5.10 Å². The molecule has 12 heteroatoms. The minimum absolute atomic E-state index is 0.0133. The molecule has 1 aromatic carbocycles. The van der Waals surface area contributed by atoms with E-state index in [2.05, 4.69) is 64.5 Å². The van der Waals surface area contributed by atoms with E-state index in [0.717, 1.165) is 12.1 Å². The molecule has 1 fully saturated rings. The fourth-order valence-electron chi connectivity index (χ4n) is 4.33. The Hall–Kier alpha value is -3.38. The van der Waals surface area contributed by atoms with Crippen LogP contribution in [0.25, 0.3) is 16.7 Å². The van der Waals surface area contributed by atoms with Crippen LogP contribution in [-0.4, -0.2) is 63.8 Å². The van der Waals surface area contributed by atoms with Crippen molar-refractivity contribution in [2.45, 2.75) is 70.5 Å². The molecule has 5 rings (SSSR count). The minimum Gasteiger partial charge on any atom is -0.464 e. The summed E-state index contributed by atoms with van der Waals surface area (Å²) in [5.41, 5.74) is 2.19. The Morgan fingerprint density at radius 3 is 2.61 bits per heavy atom. The van der Waals surface area contributed by atoms with E-state index in [1.165, 1.54) is 6.33 Å². The first-order valence-corrected chi connectivity index (χ1v) is 17.0. The molecule has 4 aromatic rings. The smallest absolute Gasteiger partial charge is 0.266 e. The van der Waals surface area contributed by atoms with E-state index in [9.17, 15) is 4.79 Å². The van der Waals surface area contributed by atoms with Crippen LogP contribution in [-0.2, 0) is 9.22 Å². The number of nitrogens with one attached hydrogen (secondary N) is 2. The van der Waals surface area contributed by atoms with E-state index in [1.54, 1.807) is 29.2 Å². The number of anilines is 1. The maximum Gasteiger partial charge on any atom is 0.266 e. The quantitative estimate of drug-likeness (QED) is 0.251. The molecular formula is C29H36ClN7O3Si. The molecule has 0 radical (unpaired) electrons. The molecular weight excluding hydrogens is 558 g/mol. The number of amides is 1. The summed E-state index contributed by atoms with van der Waals surface area (Å²) in [6.45, 7) is 13.8. The van der Waals surface area contributed by atoms with Crippen molar-refractivity contribution in [3.8, 4) is 11.6 Å². The lowest BCUT2D eigenvalue weighted by molar-refractivity contribution is -0.124. The third-order valence-corrected chi connectivity index (χ3v) is 12.7. The maximum absolute atomic E-state index is 13.6. The number of nitrogens with zero attached hydrogens (tertiary/aromatic N) is 5. The van der Waals surface area contributed by atoms with Gasteiger partial charge >= 0.3 is 0 Å². The van der Waals surface area contributed by atoms with Gasteiger partial charge in [-0.1, -0.05) is 50.6 Å². The number of ether oxygens (including phenoxy) is 1. The van der Waals surface area contributed by atoms with Gasteiger partial charge in [0.15, 0.2) is 20.1 Å². The summed E-state index contributed by atoms with van der Waals surface area (Å²) < 4.78 is 14.7. The van der Waals surface area contributed by atoms with Crippen molar-refractivity contribution in [2.75, 3.05) is 11.9 Å². The molecule has 4 heterocycles. The van der Waals surface area contributed by atoms with Crippen molar-refractivity contribution < 1.29 is 14.0 Å². The molecule has 3 atom stereocenters. The highest BCUT2D eigenvalue weighted by Crippen LogP contribution is 2.38. The molecule has 1 aliphatic heterocycles. The number of rotatable bonds is 9. The molecule has 1 amide bonds. The number of hydrogen-bond donors (Lipinski definition) is 2. The molecule has 0 saturated carbocycles. The lowest BCUT2D eigenvalue weighted by Crippen LogP contribution is -2.64. The minimum atomic E-state index is -2.00. The van der Waals surface area contributed by atoms with Gasteiger partial charge in [0.05, 0.1) is 23.0 Å². The van der Waals surface area contributed by atoms with E-state index < -0.39 is 14.4 Å². The van der Waals surface area contributed by atoms with Crippen LogP contribution in [0.3, 0.4) is 0 Å². The first kappa shape index (κ1) is 29.1. The molecule has 10 nitrogen and oxygen atoms in total. The summed E-state index contributed by atoms with van der Waals surface area (Å²) in [6.07, 6.45) is 4.20. The fourth-order valence-corrected chi connectivity index (χ4v) is 5.91. The largest absolute Gasteiger partial charge is 0.464 e. The number of aromatic nitrogens is 5. The summed E-state index contributed by atoms with van der Waals surface area (Å²) in [5.74, 6) is 0.377. The average molecular weight is 594 g/mol. The second-order valence-corrected chi connectivity index (χ2v) is 17.1. The van der Waals surface area contributed by atoms with E-state index in [4.69, 9.17) is 20.8 Å². The summed E-state index contributed by atoms with van der Waals surface area (Å²) >= 11 is 6.43. The van der Waals surface area contributed by atoms with Crippen molar-refractivity contribution in [3.05, 3.63) is 65.7 Å². The summed E-state index contributed by atoms with van der Waals surface area (Å²) in [7, 11) is -2.00. The SMILES string of the molecule is Cc1ccc(NC(=O)[C@H](CC2NCC2O[Si](C)(C)C(C)(C)C)Oc2ncnc3c2cnn3-c2ccccc2Cl)nc1. The van der Waals surface area contributed by atoms with Crippen LogP contribution in [0, 0.1) is 6.92 Å². The van der Waals surface area contributed by atoms with Gasteiger partial charge in [-0.05, 0) is 48.8 Å². The summed E-state index contributed by atoms with van der Waals surface area (Å²) in [6, 6.07) is 11.0. The fraction of sp³-hybridized carbons (Fsp3) is 0.414. The Bertz CT molecular complexity index is 1540. The molecule has 41 heavy (non-hydrogen) atoms. The van der Waals surface area contributed by atoms with Crippen LogP contribution in [0.2, 0.25) is 23.2 Å². The molecule has 3 aromatic heterocycles.